The average Bonchev–Trinajstić information content (AvgIpc) is 3.12. The Hall–Kier alpha value is -1.61. The van der Waals surface area contributed by atoms with E-state index in [1.165, 1.54) is 4.88 Å². The molecule has 2 heterocycles. The number of carbonyl (C=O) groups is 2. The van der Waals surface area contributed by atoms with Crippen molar-refractivity contribution in [3.05, 3.63) is 22.4 Å². The molecular weight excluding hydrogens is 331 g/mol. The number of imide groups is 1. The van der Waals surface area contributed by atoms with E-state index in [-0.39, 0.29) is 12.5 Å². The Kier molecular flexibility index (Phi) is 6.00. The number of amides is 3. The van der Waals surface area contributed by atoms with E-state index in [0.29, 0.717) is 6.54 Å². The second-order valence-electron chi connectivity index (χ2n) is 5.31. The number of thiophene rings is 1. The van der Waals surface area contributed by atoms with Gasteiger partial charge in [0.1, 0.15) is 6.54 Å². The van der Waals surface area contributed by atoms with Gasteiger partial charge < -0.3 is 5.32 Å². The minimum absolute atomic E-state index is 0.0707. The van der Waals surface area contributed by atoms with Crippen molar-refractivity contribution >= 4 is 23.3 Å². The molecule has 1 fully saturated rings. The molecule has 0 aliphatic carbocycles. The van der Waals surface area contributed by atoms with Gasteiger partial charge in [-0.15, -0.1) is 11.3 Å². The third-order valence-electron chi connectivity index (χ3n) is 3.56. The van der Waals surface area contributed by atoms with E-state index in [0.717, 1.165) is 19.4 Å². The van der Waals surface area contributed by atoms with Crippen LogP contribution in [0.15, 0.2) is 17.5 Å². The molecule has 3 amide bonds. The minimum Gasteiger partial charge on any atom is -0.329 e. The number of nitrogens with one attached hydrogen (secondary N) is 2. The molecular formula is C14H18F3N3O2S. The molecule has 0 aromatic carbocycles. The Morgan fingerprint density at radius 2 is 2.17 bits per heavy atom. The molecule has 1 atom stereocenters. The van der Waals surface area contributed by atoms with Crippen molar-refractivity contribution in [3.8, 4) is 0 Å². The molecule has 2 N–H and O–H groups in total. The fourth-order valence-electron chi connectivity index (χ4n) is 2.56. The maximum absolute atomic E-state index is 12.0. The van der Waals surface area contributed by atoms with Gasteiger partial charge in [-0.1, -0.05) is 6.07 Å². The Bertz CT molecular complexity index is 534. The van der Waals surface area contributed by atoms with Crippen LogP contribution in [0.1, 0.15) is 30.2 Å². The van der Waals surface area contributed by atoms with Crippen LogP contribution in [0.5, 0.6) is 0 Å². The fraction of sp³-hybridized carbons (Fsp3) is 0.571. The topological polar surface area (TPSA) is 61.4 Å². The number of carbonyl (C=O) groups excluding carboxylic acids is 2. The zero-order chi connectivity index (χ0) is 16.9. The summed E-state index contributed by atoms with van der Waals surface area (Å²) < 4.78 is 35.9. The predicted molar refractivity (Wildman–Crippen MR) is 80.1 cm³/mol. The maximum Gasteiger partial charge on any atom is 0.405 e. The van der Waals surface area contributed by atoms with Crippen LogP contribution >= 0.6 is 11.3 Å². The third kappa shape index (κ3) is 5.83. The molecule has 1 aliphatic heterocycles. The first-order valence-electron chi connectivity index (χ1n) is 7.27. The highest BCUT2D eigenvalue weighted by Gasteiger charge is 2.29. The average molecular weight is 349 g/mol. The molecule has 1 aliphatic rings. The largest absolute Gasteiger partial charge is 0.405 e. The van der Waals surface area contributed by atoms with Crippen LogP contribution in [0.3, 0.4) is 0 Å². The Morgan fingerprint density at radius 3 is 2.83 bits per heavy atom. The molecule has 128 valence electrons. The molecule has 1 saturated heterocycles. The van der Waals surface area contributed by atoms with Crippen LogP contribution in [0.4, 0.5) is 18.0 Å². The van der Waals surface area contributed by atoms with Gasteiger partial charge in [0.2, 0.25) is 5.91 Å². The van der Waals surface area contributed by atoms with Crippen LogP contribution in [-0.4, -0.2) is 42.6 Å². The molecule has 1 unspecified atom stereocenters. The molecule has 23 heavy (non-hydrogen) atoms. The van der Waals surface area contributed by atoms with E-state index >= 15 is 0 Å². The summed E-state index contributed by atoms with van der Waals surface area (Å²) in [5, 5.41) is 5.52. The third-order valence-corrected chi connectivity index (χ3v) is 4.54. The van der Waals surface area contributed by atoms with Crippen LogP contribution in [-0.2, 0) is 4.79 Å². The van der Waals surface area contributed by atoms with E-state index in [1.54, 1.807) is 16.7 Å². The number of rotatable bonds is 5. The van der Waals surface area contributed by atoms with Crippen LogP contribution in [0.2, 0.25) is 0 Å². The van der Waals surface area contributed by atoms with Gasteiger partial charge in [-0.2, -0.15) is 13.2 Å². The first kappa shape index (κ1) is 17.7. The Balaban J connectivity index is 1.72. The SMILES string of the molecule is O=C(CCN1CCCC1c1cccs1)NC(=O)NCC(F)(F)F. The number of halogens is 3. The lowest BCUT2D eigenvalue weighted by molar-refractivity contribution is -0.124. The number of hydrogen-bond acceptors (Lipinski definition) is 4. The molecule has 0 radical (unpaired) electrons. The van der Waals surface area contributed by atoms with Crippen molar-refractivity contribution in [2.45, 2.75) is 31.5 Å². The van der Waals surface area contributed by atoms with E-state index in [4.69, 9.17) is 0 Å². The lowest BCUT2D eigenvalue weighted by Crippen LogP contribution is -2.44. The highest BCUT2D eigenvalue weighted by molar-refractivity contribution is 7.10. The summed E-state index contributed by atoms with van der Waals surface area (Å²) in [6, 6.07) is 3.19. The molecule has 0 bridgehead atoms. The lowest BCUT2D eigenvalue weighted by Gasteiger charge is -2.23. The first-order chi connectivity index (χ1) is 10.8. The number of hydrogen-bond donors (Lipinski definition) is 2. The highest BCUT2D eigenvalue weighted by Crippen LogP contribution is 2.34. The summed E-state index contributed by atoms with van der Waals surface area (Å²) >= 11 is 1.66. The van der Waals surface area contributed by atoms with Crippen molar-refractivity contribution in [2.75, 3.05) is 19.6 Å². The molecule has 1 aromatic rings. The van der Waals surface area contributed by atoms with E-state index in [9.17, 15) is 22.8 Å². The fourth-order valence-corrected chi connectivity index (χ4v) is 3.45. The molecule has 0 spiro atoms. The second kappa shape index (κ2) is 7.78. The van der Waals surface area contributed by atoms with Crippen molar-refractivity contribution in [2.24, 2.45) is 0 Å². The minimum atomic E-state index is -4.50. The summed E-state index contributed by atoms with van der Waals surface area (Å²) in [6.07, 6.45) is -2.37. The van der Waals surface area contributed by atoms with E-state index < -0.39 is 24.7 Å². The van der Waals surface area contributed by atoms with E-state index in [1.807, 2.05) is 16.8 Å². The molecule has 1 aromatic heterocycles. The van der Waals surface area contributed by atoms with Crippen LogP contribution in [0.25, 0.3) is 0 Å². The smallest absolute Gasteiger partial charge is 0.329 e. The molecule has 0 saturated carbocycles. The molecule has 5 nitrogen and oxygen atoms in total. The summed E-state index contributed by atoms with van der Waals surface area (Å²) in [5.41, 5.74) is 0. The highest BCUT2D eigenvalue weighted by atomic mass is 32.1. The number of alkyl halides is 3. The quantitative estimate of drug-likeness (QED) is 0.859. The maximum atomic E-state index is 12.0. The summed E-state index contributed by atoms with van der Waals surface area (Å²) in [5.74, 6) is -0.582. The Morgan fingerprint density at radius 1 is 1.39 bits per heavy atom. The van der Waals surface area contributed by atoms with Crippen molar-refractivity contribution in [1.82, 2.24) is 15.5 Å². The summed E-state index contributed by atoms with van der Waals surface area (Å²) in [4.78, 5) is 26.3. The van der Waals surface area contributed by atoms with Crippen LogP contribution < -0.4 is 10.6 Å². The van der Waals surface area contributed by atoms with Gasteiger partial charge in [-0.05, 0) is 30.8 Å². The Labute approximate surface area is 135 Å². The monoisotopic (exact) mass is 349 g/mol. The van der Waals surface area contributed by atoms with Gasteiger partial charge in [-0.3, -0.25) is 15.0 Å². The van der Waals surface area contributed by atoms with E-state index in [2.05, 4.69) is 11.0 Å². The van der Waals surface area contributed by atoms with Gasteiger partial charge in [0.15, 0.2) is 0 Å². The standard InChI is InChI=1S/C14H18F3N3O2S/c15-14(16,17)9-18-13(22)19-12(21)5-7-20-6-1-3-10(20)11-4-2-8-23-11/h2,4,8,10H,1,3,5-7,9H2,(H2,18,19,21,22). The molecule has 9 heteroatoms. The lowest BCUT2D eigenvalue weighted by atomic mass is 10.2. The van der Waals surface area contributed by atoms with Gasteiger partial charge >= 0.3 is 12.2 Å². The first-order valence-corrected chi connectivity index (χ1v) is 8.15. The van der Waals surface area contributed by atoms with Gasteiger partial charge in [0.05, 0.1) is 0 Å². The number of nitrogens with zero attached hydrogens (tertiary/aromatic N) is 1. The number of urea groups is 1. The predicted octanol–water partition coefficient (Wildman–Crippen LogP) is 2.66. The van der Waals surface area contributed by atoms with Gasteiger partial charge in [0.25, 0.3) is 0 Å². The normalized spacial score (nSPS) is 18.8. The summed E-state index contributed by atoms with van der Waals surface area (Å²) in [6.45, 7) is -0.115. The zero-order valence-electron chi connectivity index (χ0n) is 12.4. The van der Waals surface area contributed by atoms with Crippen molar-refractivity contribution in [1.29, 1.82) is 0 Å². The van der Waals surface area contributed by atoms with Gasteiger partial charge in [0, 0.05) is 23.9 Å². The van der Waals surface area contributed by atoms with Crippen LogP contribution in [0, 0.1) is 0 Å². The van der Waals surface area contributed by atoms with Crippen molar-refractivity contribution in [3.63, 3.8) is 0 Å². The van der Waals surface area contributed by atoms with Crippen molar-refractivity contribution < 1.29 is 22.8 Å². The second-order valence-corrected chi connectivity index (χ2v) is 6.28. The summed E-state index contributed by atoms with van der Waals surface area (Å²) in [7, 11) is 0. The zero-order valence-corrected chi connectivity index (χ0v) is 13.2. The number of likely N-dealkylation sites (tertiary alicyclic amines) is 1. The molecule has 2 rings (SSSR count). The van der Waals surface area contributed by atoms with Gasteiger partial charge in [-0.25, -0.2) is 4.79 Å².